The lowest BCUT2D eigenvalue weighted by Gasteiger charge is -2.25. The second-order valence-corrected chi connectivity index (χ2v) is 11.4. The number of rotatable bonds is 14. The van der Waals surface area contributed by atoms with Gasteiger partial charge in [-0.3, -0.25) is 4.90 Å². The van der Waals surface area contributed by atoms with Crippen LogP contribution in [0.1, 0.15) is 57.3 Å². The first-order valence-electron chi connectivity index (χ1n) is 15.8. The summed E-state index contributed by atoms with van der Waals surface area (Å²) in [7, 11) is 4.34. The first-order valence-corrected chi connectivity index (χ1v) is 15.8. The molecule has 0 saturated carbocycles. The largest absolute Gasteiger partial charge is 0.497 e. The highest BCUT2D eigenvalue weighted by Crippen LogP contribution is 2.32. The Hall–Kier alpha value is -5.21. The zero-order valence-electron chi connectivity index (χ0n) is 27.4. The number of aromatic nitrogens is 2. The molecule has 5 aromatic rings. The van der Waals surface area contributed by atoms with Gasteiger partial charge in [0.25, 0.3) is 0 Å². The molecule has 8 heteroatoms. The van der Waals surface area contributed by atoms with Crippen LogP contribution in [0.2, 0.25) is 0 Å². The van der Waals surface area contributed by atoms with Gasteiger partial charge in [-0.15, -0.1) is 0 Å². The molecule has 1 aromatic heterocycles. The molecule has 0 fully saturated rings. The summed E-state index contributed by atoms with van der Waals surface area (Å²) >= 11 is 0. The zero-order valence-corrected chi connectivity index (χ0v) is 27.4. The summed E-state index contributed by atoms with van der Waals surface area (Å²) in [5.74, 6) is 0.715. The smallest absolute Gasteiger partial charge is 0.337 e. The molecule has 0 unspecified atom stereocenters. The van der Waals surface area contributed by atoms with E-state index in [0.717, 1.165) is 58.9 Å². The number of carbonyl (C=O) groups is 2. The number of hydrogen-bond acceptors (Lipinski definition) is 7. The van der Waals surface area contributed by atoms with Crippen molar-refractivity contribution in [2.45, 2.75) is 45.9 Å². The Bertz CT molecular complexity index is 1780. The molecule has 1 heterocycles. The molecule has 0 aliphatic heterocycles. The van der Waals surface area contributed by atoms with Gasteiger partial charge in [0, 0.05) is 37.3 Å². The number of nitrogens with zero attached hydrogens (tertiary/aromatic N) is 3. The molecule has 5 rings (SSSR count). The molecular weight excluding hydrogens is 590 g/mol. The van der Waals surface area contributed by atoms with E-state index in [1.807, 2.05) is 60.7 Å². The topological polar surface area (TPSA) is 82.9 Å². The van der Waals surface area contributed by atoms with Gasteiger partial charge in [0.1, 0.15) is 11.6 Å². The normalized spacial score (nSPS) is 11.0. The number of ether oxygens (including phenoxy) is 3. The number of imidazole rings is 1. The molecule has 0 amide bonds. The van der Waals surface area contributed by atoms with Crippen molar-refractivity contribution in [2.24, 2.45) is 0 Å². The maximum absolute atomic E-state index is 12.6. The third-order valence-corrected chi connectivity index (χ3v) is 8.07. The summed E-state index contributed by atoms with van der Waals surface area (Å²) in [6, 6.07) is 33.6. The van der Waals surface area contributed by atoms with Gasteiger partial charge in [-0.25, -0.2) is 14.6 Å². The Morgan fingerprint density at radius 3 is 1.94 bits per heavy atom. The second kappa shape index (κ2) is 15.9. The Morgan fingerprint density at radius 2 is 1.32 bits per heavy atom. The van der Waals surface area contributed by atoms with Crippen molar-refractivity contribution in [3.63, 3.8) is 0 Å². The molecule has 0 radical (unpaired) electrons. The molecular formula is C39H41N3O5. The Labute approximate surface area is 276 Å². The number of carbonyl (C=O) groups excluding carboxylic acids is 2. The van der Waals surface area contributed by atoms with Crippen LogP contribution >= 0.6 is 0 Å². The molecule has 0 aliphatic carbocycles. The Kier molecular flexibility index (Phi) is 11.2. The quantitative estimate of drug-likeness (QED) is 0.116. The first-order chi connectivity index (χ1) is 22.9. The lowest BCUT2D eigenvalue weighted by atomic mass is 10.1. The highest BCUT2D eigenvalue weighted by Gasteiger charge is 2.23. The number of hydrogen-bond donors (Lipinski definition) is 0. The Morgan fingerprint density at radius 1 is 0.702 bits per heavy atom. The van der Waals surface area contributed by atoms with Gasteiger partial charge in [-0.05, 0) is 47.9 Å². The molecule has 0 N–H and O–H groups in total. The van der Waals surface area contributed by atoms with Gasteiger partial charge in [0.15, 0.2) is 0 Å². The number of unbranched alkanes of at least 4 members (excludes halogenated alkanes) is 1. The second-order valence-electron chi connectivity index (χ2n) is 11.4. The minimum atomic E-state index is -0.424. The third-order valence-electron chi connectivity index (χ3n) is 8.07. The summed E-state index contributed by atoms with van der Waals surface area (Å²) in [6.45, 7) is 4.66. The van der Waals surface area contributed by atoms with Crippen LogP contribution in [-0.4, -0.2) is 47.7 Å². The fourth-order valence-electron chi connectivity index (χ4n) is 5.70. The van der Waals surface area contributed by atoms with E-state index in [0.29, 0.717) is 36.5 Å². The zero-order chi connectivity index (χ0) is 33.2. The van der Waals surface area contributed by atoms with Gasteiger partial charge >= 0.3 is 11.9 Å². The molecule has 0 spiro atoms. The van der Waals surface area contributed by atoms with E-state index in [4.69, 9.17) is 19.2 Å². The maximum Gasteiger partial charge on any atom is 0.337 e. The van der Waals surface area contributed by atoms with Crippen LogP contribution < -0.4 is 4.74 Å². The lowest BCUT2D eigenvalue weighted by Crippen LogP contribution is -2.25. The van der Waals surface area contributed by atoms with Crippen LogP contribution in [-0.2, 0) is 35.7 Å². The molecule has 0 atom stereocenters. The van der Waals surface area contributed by atoms with Crippen molar-refractivity contribution in [3.8, 4) is 28.4 Å². The fourth-order valence-corrected chi connectivity index (χ4v) is 5.70. The molecule has 0 bridgehead atoms. The summed E-state index contributed by atoms with van der Waals surface area (Å²) in [5.41, 5.74) is 7.00. The summed E-state index contributed by atoms with van der Waals surface area (Å²) in [4.78, 5) is 32.3. The van der Waals surface area contributed by atoms with Crippen LogP contribution in [0.25, 0.3) is 22.6 Å². The number of methoxy groups -OCH3 is 3. The summed E-state index contributed by atoms with van der Waals surface area (Å²) < 4.78 is 17.9. The van der Waals surface area contributed by atoms with E-state index in [-0.39, 0.29) is 5.97 Å². The van der Waals surface area contributed by atoms with Gasteiger partial charge in [0.05, 0.1) is 43.8 Å². The van der Waals surface area contributed by atoms with E-state index in [1.54, 1.807) is 25.3 Å². The van der Waals surface area contributed by atoms with Crippen molar-refractivity contribution in [3.05, 3.63) is 131 Å². The fraction of sp³-hybridized carbons (Fsp3) is 0.256. The Balaban J connectivity index is 1.62. The standard InChI is InChI=1S/C39H41N3O5/c1-5-6-21-42-35(36(30-13-9-7-10-14-30)40-37(42)31-15-11-8-12-16-31)27-41(25-28-17-19-32(20-18-28)38(43)46-3)26-29-22-33(39(44)47-4)24-34(23-29)45-2/h7-20,22-24H,5-6,21,25-27H2,1-4H3. The van der Waals surface area contributed by atoms with Crippen LogP contribution in [0.5, 0.6) is 5.75 Å². The predicted molar refractivity (Wildman–Crippen MR) is 183 cm³/mol. The van der Waals surface area contributed by atoms with Crippen molar-refractivity contribution in [1.82, 2.24) is 14.5 Å². The van der Waals surface area contributed by atoms with Crippen molar-refractivity contribution in [2.75, 3.05) is 21.3 Å². The molecule has 47 heavy (non-hydrogen) atoms. The predicted octanol–water partition coefficient (Wildman–Crippen LogP) is 7.80. The maximum atomic E-state index is 12.6. The van der Waals surface area contributed by atoms with Gasteiger partial charge in [-0.1, -0.05) is 86.1 Å². The summed E-state index contributed by atoms with van der Waals surface area (Å²) in [6.07, 6.45) is 2.05. The molecule has 0 saturated heterocycles. The van der Waals surface area contributed by atoms with E-state index in [9.17, 15) is 9.59 Å². The minimum Gasteiger partial charge on any atom is -0.497 e. The van der Waals surface area contributed by atoms with Crippen LogP contribution in [0.4, 0.5) is 0 Å². The van der Waals surface area contributed by atoms with Crippen LogP contribution in [0.15, 0.2) is 103 Å². The van der Waals surface area contributed by atoms with Crippen LogP contribution in [0, 0.1) is 0 Å². The number of esters is 2. The minimum absolute atomic E-state index is 0.374. The molecule has 4 aromatic carbocycles. The van der Waals surface area contributed by atoms with Crippen LogP contribution in [0.3, 0.4) is 0 Å². The highest BCUT2D eigenvalue weighted by molar-refractivity contribution is 5.90. The molecule has 8 nitrogen and oxygen atoms in total. The van der Waals surface area contributed by atoms with Gasteiger partial charge < -0.3 is 18.8 Å². The van der Waals surface area contributed by atoms with E-state index >= 15 is 0 Å². The van der Waals surface area contributed by atoms with Gasteiger partial charge in [-0.2, -0.15) is 0 Å². The average molecular weight is 632 g/mol. The highest BCUT2D eigenvalue weighted by atomic mass is 16.5. The van der Waals surface area contributed by atoms with Crippen molar-refractivity contribution >= 4 is 11.9 Å². The average Bonchev–Trinajstić information content (AvgIpc) is 3.48. The van der Waals surface area contributed by atoms with Gasteiger partial charge in [0.2, 0.25) is 0 Å². The van der Waals surface area contributed by atoms with E-state index in [2.05, 4.69) is 40.7 Å². The van der Waals surface area contributed by atoms with Crippen molar-refractivity contribution < 1.29 is 23.8 Å². The monoisotopic (exact) mass is 631 g/mol. The number of benzene rings is 4. The first kappa shape index (κ1) is 33.2. The molecule has 242 valence electrons. The summed E-state index contributed by atoms with van der Waals surface area (Å²) in [5, 5.41) is 0. The lowest BCUT2D eigenvalue weighted by molar-refractivity contribution is 0.0591. The SMILES string of the molecule is CCCCn1c(-c2ccccc2)nc(-c2ccccc2)c1CN(Cc1ccc(C(=O)OC)cc1)Cc1cc(OC)cc(C(=O)OC)c1. The van der Waals surface area contributed by atoms with Crippen molar-refractivity contribution in [1.29, 1.82) is 0 Å². The molecule has 0 aliphatic rings. The third kappa shape index (κ3) is 8.15. The van der Waals surface area contributed by atoms with E-state index < -0.39 is 5.97 Å². The van der Waals surface area contributed by atoms with E-state index in [1.165, 1.54) is 14.2 Å².